The topological polar surface area (TPSA) is 50.4 Å². The van der Waals surface area contributed by atoms with E-state index < -0.39 is 6.61 Å². The molecule has 2 aromatic rings. The summed E-state index contributed by atoms with van der Waals surface area (Å²) in [5.41, 5.74) is 0.851. The van der Waals surface area contributed by atoms with E-state index in [-0.39, 0.29) is 23.2 Å². The highest BCUT2D eigenvalue weighted by Crippen LogP contribution is 2.29. The number of carbonyl (C=O) groups is 1. The summed E-state index contributed by atoms with van der Waals surface area (Å²) in [5, 5.41) is 6.19. The molecule has 2 aromatic carbocycles. The summed E-state index contributed by atoms with van der Waals surface area (Å²) >= 11 is 17.6. The number of alkyl halides is 2. The first kappa shape index (κ1) is 18.6. The quantitative estimate of drug-likeness (QED) is 0.698. The first-order valence-electron chi connectivity index (χ1n) is 6.58. The summed E-state index contributed by atoms with van der Waals surface area (Å²) in [6.45, 7) is -3.05. The maximum atomic E-state index is 12.2. The van der Waals surface area contributed by atoms with Crippen LogP contribution < -0.4 is 15.4 Å². The Bertz CT molecular complexity index is 745. The number of hydrogen-bond donors (Lipinski definition) is 2. The monoisotopic (exact) mass is 394 g/mol. The Hall–Kier alpha value is -1.76. The minimum absolute atomic E-state index is 0.00130. The highest BCUT2D eigenvalue weighted by molar-refractivity contribution is 6.35. The molecular weight excluding hydrogens is 385 g/mol. The van der Waals surface area contributed by atoms with Crippen molar-refractivity contribution in [1.29, 1.82) is 0 Å². The summed E-state index contributed by atoms with van der Waals surface area (Å²) in [4.78, 5) is 11.9. The van der Waals surface area contributed by atoms with Crippen molar-refractivity contribution in [1.82, 2.24) is 0 Å². The fraction of sp³-hybridized carbons (Fsp3) is 0.133. The zero-order chi connectivity index (χ0) is 17.7. The number of benzene rings is 2. The van der Waals surface area contributed by atoms with Crippen LogP contribution in [0.1, 0.15) is 0 Å². The van der Waals surface area contributed by atoms with E-state index in [1.165, 1.54) is 24.3 Å². The van der Waals surface area contributed by atoms with Gasteiger partial charge in [-0.15, -0.1) is 0 Å². The van der Waals surface area contributed by atoms with Crippen molar-refractivity contribution in [2.75, 3.05) is 17.2 Å². The predicted octanol–water partition coefficient (Wildman–Crippen LogP) is 5.30. The van der Waals surface area contributed by atoms with Crippen molar-refractivity contribution in [3.05, 3.63) is 51.5 Å². The van der Waals surface area contributed by atoms with E-state index in [0.29, 0.717) is 21.4 Å². The molecular formula is C15H11Cl3F2N2O2. The average molecular weight is 396 g/mol. The summed E-state index contributed by atoms with van der Waals surface area (Å²) in [7, 11) is 0. The lowest BCUT2D eigenvalue weighted by atomic mass is 10.3. The van der Waals surface area contributed by atoms with Gasteiger partial charge in [0, 0.05) is 10.7 Å². The van der Waals surface area contributed by atoms with Gasteiger partial charge in [0.25, 0.3) is 0 Å². The largest absolute Gasteiger partial charge is 0.433 e. The Labute approximate surface area is 151 Å². The Kier molecular flexibility index (Phi) is 6.48. The Morgan fingerprint density at radius 3 is 2.50 bits per heavy atom. The first-order chi connectivity index (χ1) is 11.3. The average Bonchev–Trinajstić information content (AvgIpc) is 2.51. The normalized spacial score (nSPS) is 10.6. The molecule has 128 valence electrons. The molecule has 0 radical (unpaired) electrons. The number of hydrogen-bond acceptors (Lipinski definition) is 3. The second-order valence-electron chi connectivity index (χ2n) is 4.55. The van der Waals surface area contributed by atoms with Gasteiger partial charge in [0.2, 0.25) is 5.91 Å². The molecule has 0 saturated heterocycles. The molecule has 2 N–H and O–H groups in total. The molecule has 4 nitrogen and oxygen atoms in total. The number of rotatable bonds is 6. The lowest BCUT2D eigenvalue weighted by Crippen LogP contribution is -2.21. The zero-order valence-corrected chi connectivity index (χ0v) is 14.2. The second kappa shape index (κ2) is 8.37. The van der Waals surface area contributed by atoms with Gasteiger partial charge < -0.3 is 15.4 Å². The van der Waals surface area contributed by atoms with Gasteiger partial charge in [-0.2, -0.15) is 8.78 Å². The number of halogens is 5. The number of anilines is 2. The van der Waals surface area contributed by atoms with Crippen LogP contribution in [0.15, 0.2) is 36.4 Å². The van der Waals surface area contributed by atoms with E-state index >= 15 is 0 Å². The number of carbonyl (C=O) groups excluding carboxylic acids is 1. The third-order valence-electron chi connectivity index (χ3n) is 2.80. The highest BCUT2D eigenvalue weighted by atomic mass is 35.5. The second-order valence-corrected chi connectivity index (χ2v) is 5.80. The van der Waals surface area contributed by atoms with Crippen LogP contribution in [0.3, 0.4) is 0 Å². The molecule has 24 heavy (non-hydrogen) atoms. The van der Waals surface area contributed by atoms with Crippen molar-refractivity contribution >= 4 is 52.1 Å². The standard InChI is InChI=1S/C15H11Cl3F2N2O2/c16-8-1-3-10(17)12(5-8)22-14(23)7-21-9-2-4-13(11(18)6-9)24-15(19)20/h1-6,15,21H,7H2,(H,22,23). The predicted molar refractivity (Wildman–Crippen MR) is 91.7 cm³/mol. The summed E-state index contributed by atoms with van der Waals surface area (Å²) in [6.07, 6.45) is 0. The number of ether oxygens (including phenoxy) is 1. The maximum absolute atomic E-state index is 12.2. The molecule has 9 heteroatoms. The molecule has 0 atom stereocenters. The third-order valence-corrected chi connectivity index (χ3v) is 3.66. The van der Waals surface area contributed by atoms with Crippen molar-refractivity contribution in [2.24, 2.45) is 0 Å². The first-order valence-corrected chi connectivity index (χ1v) is 7.71. The van der Waals surface area contributed by atoms with Crippen LogP contribution in [0.25, 0.3) is 0 Å². The van der Waals surface area contributed by atoms with Crippen molar-refractivity contribution in [3.8, 4) is 5.75 Å². The van der Waals surface area contributed by atoms with Crippen LogP contribution in [0.5, 0.6) is 5.75 Å². The Morgan fingerprint density at radius 2 is 1.83 bits per heavy atom. The van der Waals surface area contributed by atoms with Crippen LogP contribution in [0, 0.1) is 0 Å². The molecule has 0 unspecified atom stereocenters. The van der Waals surface area contributed by atoms with Crippen LogP contribution >= 0.6 is 34.8 Å². The highest BCUT2D eigenvalue weighted by Gasteiger charge is 2.10. The molecule has 0 aromatic heterocycles. The number of nitrogens with one attached hydrogen (secondary N) is 2. The molecule has 1 amide bonds. The van der Waals surface area contributed by atoms with Crippen molar-refractivity contribution in [2.45, 2.75) is 6.61 Å². The van der Waals surface area contributed by atoms with E-state index in [4.69, 9.17) is 34.8 Å². The van der Waals surface area contributed by atoms with Gasteiger partial charge in [-0.1, -0.05) is 34.8 Å². The summed E-state index contributed by atoms with van der Waals surface area (Å²) in [5.74, 6) is -0.518. The van der Waals surface area contributed by atoms with Crippen molar-refractivity contribution in [3.63, 3.8) is 0 Å². The van der Waals surface area contributed by atoms with Gasteiger partial charge in [0.1, 0.15) is 5.75 Å². The molecule has 0 aliphatic carbocycles. The fourth-order valence-corrected chi connectivity index (χ4v) is 2.33. The summed E-state index contributed by atoms with van der Waals surface area (Å²) in [6, 6.07) is 8.80. The molecule has 0 aliphatic heterocycles. The molecule has 0 fully saturated rings. The molecule has 0 saturated carbocycles. The fourth-order valence-electron chi connectivity index (χ4n) is 1.77. The van der Waals surface area contributed by atoms with Gasteiger partial charge in [-0.25, -0.2) is 0 Å². The zero-order valence-electron chi connectivity index (χ0n) is 12.0. The smallest absolute Gasteiger partial charge is 0.387 e. The molecule has 0 heterocycles. The minimum atomic E-state index is -2.96. The van der Waals surface area contributed by atoms with Gasteiger partial charge in [0.05, 0.1) is 22.3 Å². The van der Waals surface area contributed by atoms with Gasteiger partial charge >= 0.3 is 6.61 Å². The van der Waals surface area contributed by atoms with E-state index in [1.54, 1.807) is 12.1 Å². The Balaban J connectivity index is 1.94. The number of amides is 1. The summed E-state index contributed by atoms with van der Waals surface area (Å²) < 4.78 is 28.5. The molecule has 0 aliphatic rings. The van der Waals surface area contributed by atoms with Crippen LogP contribution in [0.2, 0.25) is 15.1 Å². The van der Waals surface area contributed by atoms with E-state index in [1.807, 2.05) is 0 Å². The van der Waals surface area contributed by atoms with Gasteiger partial charge in [0.15, 0.2) is 0 Å². The van der Waals surface area contributed by atoms with E-state index in [9.17, 15) is 13.6 Å². The van der Waals surface area contributed by atoms with Crippen LogP contribution in [-0.4, -0.2) is 19.1 Å². The third kappa shape index (κ3) is 5.40. The lowest BCUT2D eigenvalue weighted by molar-refractivity contribution is -0.114. The Morgan fingerprint density at radius 1 is 1.08 bits per heavy atom. The van der Waals surface area contributed by atoms with E-state index in [0.717, 1.165) is 0 Å². The van der Waals surface area contributed by atoms with Crippen molar-refractivity contribution < 1.29 is 18.3 Å². The molecule has 0 bridgehead atoms. The van der Waals surface area contributed by atoms with Gasteiger partial charge in [-0.3, -0.25) is 4.79 Å². The lowest BCUT2D eigenvalue weighted by Gasteiger charge is -2.11. The van der Waals surface area contributed by atoms with E-state index in [2.05, 4.69) is 15.4 Å². The SMILES string of the molecule is O=C(CNc1ccc(OC(F)F)c(Cl)c1)Nc1cc(Cl)ccc1Cl. The van der Waals surface area contributed by atoms with Crippen LogP contribution in [-0.2, 0) is 4.79 Å². The maximum Gasteiger partial charge on any atom is 0.387 e. The van der Waals surface area contributed by atoms with Crippen LogP contribution in [0.4, 0.5) is 20.2 Å². The minimum Gasteiger partial charge on any atom is -0.433 e. The van der Waals surface area contributed by atoms with Gasteiger partial charge in [-0.05, 0) is 36.4 Å². The molecule has 0 spiro atoms. The molecule has 2 rings (SSSR count).